The lowest BCUT2D eigenvalue weighted by molar-refractivity contribution is 0.0995. The zero-order valence-electron chi connectivity index (χ0n) is 11.6. The van der Waals surface area contributed by atoms with Crippen molar-refractivity contribution >= 4 is 49.1 Å². The Morgan fingerprint density at radius 1 is 1.14 bits per heavy atom. The van der Waals surface area contributed by atoms with Gasteiger partial charge in [0.2, 0.25) is 0 Å². The maximum Gasteiger partial charge on any atom is 0.291 e. The molecule has 0 unspecified atom stereocenters. The molecule has 1 fully saturated rings. The molecule has 1 saturated heterocycles. The van der Waals surface area contributed by atoms with Gasteiger partial charge in [0.25, 0.3) is 5.91 Å². The number of hydrogen-bond donors (Lipinski definition) is 1. The molecule has 3 rings (SSSR count). The highest BCUT2D eigenvalue weighted by Gasteiger charge is 2.15. The topological polar surface area (TPSA) is 54.7 Å². The van der Waals surface area contributed by atoms with E-state index in [2.05, 4.69) is 42.1 Å². The minimum atomic E-state index is -0.281. The standard InChI is InChI=1S/C15H14Br2N2O3/c16-11-9-10(18-15(20)13-3-4-14(17)22-13)1-2-12(11)19-5-7-21-8-6-19/h1-4,9H,5-8H2,(H,18,20). The van der Waals surface area contributed by atoms with Gasteiger partial charge in [-0.25, -0.2) is 0 Å². The highest BCUT2D eigenvalue weighted by Crippen LogP contribution is 2.30. The van der Waals surface area contributed by atoms with E-state index in [1.807, 2.05) is 18.2 Å². The molecule has 1 amide bonds. The summed E-state index contributed by atoms with van der Waals surface area (Å²) >= 11 is 6.75. The second kappa shape index (κ2) is 6.85. The van der Waals surface area contributed by atoms with E-state index in [0.717, 1.165) is 36.5 Å². The predicted octanol–water partition coefficient (Wildman–Crippen LogP) is 3.89. The number of benzene rings is 1. The van der Waals surface area contributed by atoms with E-state index in [1.165, 1.54) is 0 Å². The molecule has 0 spiro atoms. The third-order valence-corrected chi connectivity index (χ3v) is 4.42. The molecule has 1 aromatic heterocycles. The van der Waals surface area contributed by atoms with Crippen LogP contribution in [0.25, 0.3) is 0 Å². The van der Waals surface area contributed by atoms with Gasteiger partial charge < -0.3 is 19.4 Å². The van der Waals surface area contributed by atoms with Gasteiger partial charge in [-0.1, -0.05) is 0 Å². The molecule has 7 heteroatoms. The number of furan rings is 1. The van der Waals surface area contributed by atoms with Crippen molar-refractivity contribution in [1.82, 2.24) is 0 Å². The molecule has 5 nitrogen and oxygen atoms in total. The van der Waals surface area contributed by atoms with Crippen molar-refractivity contribution in [2.24, 2.45) is 0 Å². The number of rotatable bonds is 3. The van der Waals surface area contributed by atoms with E-state index in [0.29, 0.717) is 10.4 Å². The SMILES string of the molecule is O=C(Nc1ccc(N2CCOCC2)c(Br)c1)c1ccc(Br)o1. The number of nitrogens with zero attached hydrogens (tertiary/aromatic N) is 1. The molecule has 116 valence electrons. The summed E-state index contributed by atoms with van der Waals surface area (Å²) in [4.78, 5) is 14.3. The summed E-state index contributed by atoms with van der Waals surface area (Å²) in [6.45, 7) is 3.20. The van der Waals surface area contributed by atoms with Crippen LogP contribution in [-0.2, 0) is 4.74 Å². The zero-order chi connectivity index (χ0) is 15.5. The molecule has 1 aliphatic heterocycles. The molecule has 0 atom stereocenters. The Morgan fingerprint density at radius 3 is 2.55 bits per heavy atom. The first-order chi connectivity index (χ1) is 10.6. The number of morpholine rings is 1. The number of anilines is 2. The molecular weight excluding hydrogens is 416 g/mol. The first kappa shape index (κ1) is 15.6. The molecule has 0 aliphatic carbocycles. The molecule has 0 radical (unpaired) electrons. The Bertz CT molecular complexity index is 681. The van der Waals surface area contributed by atoms with E-state index in [-0.39, 0.29) is 11.7 Å². The Balaban J connectivity index is 1.72. The molecule has 1 aliphatic rings. The van der Waals surface area contributed by atoms with Crippen molar-refractivity contribution in [3.63, 3.8) is 0 Å². The number of carbonyl (C=O) groups excluding carboxylic acids is 1. The van der Waals surface area contributed by atoms with Gasteiger partial charge in [-0.3, -0.25) is 4.79 Å². The summed E-state index contributed by atoms with van der Waals surface area (Å²) in [5, 5.41) is 2.82. The lowest BCUT2D eigenvalue weighted by Gasteiger charge is -2.29. The summed E-state index contributed by atoms with van der Waals surface area (Å²) in [7, 11) is 0. The van der Waals surface area contributed by atoms with Crippen molar-refractivity contribution in [3.8, 4) is 0 Å². The molecule has 0 bridgehead atoms. The van der Waals surface area contributed by atoms with Gasteiger partial charge >= 0.3 is 0 Å². The van der Waals surface area contributed by atoms with E-state index in [1.54, 1.807) is 12.1 Å². The fraction of sp³-hybridized carbons (Fsp3) is 0.267. The Morgan fingerprint density at radius 2 is 1.91 bits per heavy atom. The molecule has 2 heterocycles. The van der Waals surface area contributed by atoms with Crippen LogP contribution in [-0.4, -0.2) is 32.2 Å². The maximum absolute atomic E-state index is 12.1. The first-order valence-corrected chi connectivity index (χ1v) is 8.41. The normalized spacial score (nSPS) is 14.9. The lowest BCUT2D eigenvalue weighted by atomic mass is 10.2. The van der Waals surface area contributed by atoms with Crippen LogP contribution in [0, 0.1) is 0 Å². The Kier molecular flexibility index (Phi) is 4.85. The van der Waals surface area contributed by atoms with Crippen LogP contribution in [0.3, 0.4) is 0 Å². The van der Waals surface area contributed by atoms with Gasteiger partial charge in [-0.15, -0.1) is 0 Å². The van der Waals surface area contributed by atoms with Crippen molar-refractivity contribution in [2.75, 3.05) is 36.5 Å². The molecule has 1 N–H and O–H groups in total. The third-order valence-electron chi connectivity index (χ3n) is 3.35. The van der Waals surface area contributed by atoms with Gasteiger partial charge in [-0.2, -0.15) is 0 Å². The van der Waals surface area contributed by atoms with Crippen molar-refractivity contribution in [1.29, 1.82) is 0 Å². The van der Waals surface area contributed by atoms with Gasteiger partial charge in [-0.05, 0) is 62.2 Å². The van der Waals surface area contributed by atoms with Gasteiger partial charge in [0.05, 0.1) is 18.9 Å². The summed E-state index contributed by atoms with van der Waals surface area (Å²) in [6, 6.07) is 9.07. The van der Waals surface area contributed by atoms with E-state index < -0.39 is 0 Å². The number of nitrogens with one attached hydrogen (secondary N) is 1. The molecule has 0 saturated carbocycles. The number of hydrogen-bond acceptors (Lipinski definition) is 4. The summed E-state index contributed by atoms with van der Waals surface area (Å²) in [5.41, 5.74) is 1.81. The number of carbonyl (C=O) groups is 1. The smallest absolute Gasteiger partial charge is 0.291 e. The number of ether oxygens (including phenoxy) is 1. The van der Waals surface area contributed by atoms with Crippen molar-refractivity contribution < 1.29 is 13.9 Å². The fourth-order valence-electron chi connectivity index (χ4n) is 2.27. The Labute approximate surface area is 144 Å². The predicted molar refractivity (Wildman–Crippen MR) is 91.5 cm³/mol. The van der Waals surface area contributed by atoms with Crippen molar-refractivity contribution in [2.45, 2.75) is 0 Å². The van der Waals surface area contributed by atoms with Gasteiger partial charge in [0, 0.05) is 23.2 Å². The maximum atomic E-state index is 12.1. The summed E-state index contributed by atoms with van der Waals surface area (Å²) in [5.74, 6) is -0.0167. The largest absolute Gasteiger partial charge is 0.444 e. The van der Waals surface area contributed by atoms with E-state index >= 15 is 0 Å². The average molecular weight is 430 g/mol. The lowest BCUT2D eigenvalue weighted by Crippen LogP contribution is -2.36. The Hall–Kier alpha value is -1.31. The van der Waals surface area contributed by atoms with E-state index in [4.69, 9.17) is 9.15 Å². The monoisotopic (exact) mass is 428 g/mol. The second-order valence-corrected chi connectivity index (χ2v) is 6.46. The summed E-state index contributed by atoms with van der Waals surface area (Å²) < 4.78 is 12.1. The molecule has 1 aromatic carbocycles. The van der Waals surface area contributed by atoms with Crippen molar-refractivity contribution in [3.05, 3.63) is 45.2 Å². The first-order valence-electron chi connectivity index (χ1n) is 6.82. The van der Waals surface area contributed by atoms with Crippen LogP contribution in [0.15, 0.2) is 43.9 Å². The van der Waals surface area contributed by atoms with Gasteiger partial charge in [0.1, 0.15) is 0 Å². The van der Waals surface area contributed by atoms with Crippen LogP contribution in [0.2, 0.25) is 0 Å². The van der Waals surface area contributed by atoms with Crippen LogP contribution in [0.5, 0.6) is 0 Å². The molecule has 22 heavy (non-hydrogen) atoms. The molecule has 2 aromatic rings. The zero-order valence-corrected chi connectivity index (χ0v) is 14.8. The van der Waals surface area contributed by atoms with Crippen LogP contribution >= 0.6 is 31.9 Å². The number of halogens is 2. The summed E-state index contributed by atoms with van der Waals surface area (Å²) in [6.07, 6.45) is 0. The highest BCUT2D eigenvalue weighted by atomic mass is 79.9. The quantitative estimate of drug-likeness (QED) is 0.803. The van der Waals surface area contributed by atoms with Crippen LogP contribution in [0.4, 0.5) is 11.4 Å². The van der Waals surface area contributed by atoms with Crippen LogP contribution < -0.4 is 10.2 Å². The minimum Gasteiger partial charge on any atom is -0.444 e. The average Bonchev–Trinajstić information content (AvgIpc) is 2.95. The fourth-order valence-corrected chi connectivity index (χ4v) is 3.21. The van der Waals surface area contributed by atoms with E-state index in [9.17, 15) is 4.79 Å². The third kappa shape index (κ3) is 3.53. The highest BCUT2D eigenvalue weighted by molar-refractivity contribution is 9.10. The molecular formula is C15H14Br2N2O3. The second-order valence-electron chi connectivity index (χ2n) is 4.82. The van der Waals surface area contributed by atoms with Gasteiger partial charge in [0.15, 0.2) is 10.4 Å². The van der Waals surface area contributed by atoms with Crippen LogP contribution in [0.1, 0.15) is 10.6 Å². The minimum absolute atomic E-state index is 0.264. The number of amides is 1.